The molecule has 4 heteroatoms. The third-order valence-corrected chi connectivity index (χ3v) is 3.58. The molecular formula is C16H22ClN3. The van der Waals surface area contributed by atoms with Crippen LogP contribution >= 0.6 is 11.6 Å². The van der Waals surface area contributed by atoms with Crippen molar-refractivity contribution in [2.24, 2.45) is 0 Å². The van der Waals surface area contributed by atoms with Crippen LogP contribution in [0.3, 0.4) is 0 Å². The first-order chi connectivity index (χ1) is 9.70. The number of nitrogens with zero attached hydrogens (tertiary/aromatic N) is 1. The SMILES string of the molecule is CCNCCCC(C)Nc1ccn[13c]2[13cH][13c](Cl)[13cH][13cH][13c]12. The predicted octanol–water partition coefficient (Wildman–Crippen LogP) is 4.08. The lowest BCUT2D eigenvalue weighted by atomic mass is 10.2. The van der Waals surface area contributed by atoms with Crippen LogP contribution in [0, 0.1) is 0 Å². The van der Waals surface area contributed by atoms with E-state index in [1.807, 2.05) is 30.5 Å². The summed E-state index contributed by atoms with van der Waals surface area (Å²) in [5.74, 6) is 0. The molecule has 0 amide bonds. The van der Waals surface area contributed by atoms with Crippen molar-refractivity contribution < 1.29 is 0 Å². The Kier molecular flexibility index (Phi) is 5.62. The van der Waals surface area contributed by atoms with E-state index < -0.39 is 0 Å². The lowest BCUT2D eigenvalue weighted by Gasteiger charge is -2.16. The van der Waals surface area contributed by atoms with Crippen LogP contribution in [-0.4, -0.2) is 24.1 Å². The van der Waals surface area contributed by atoms with Crippen LogP contribution in [0.1, 0.15) is 26.7 Å². The van der Waals surface area contributed by atoms with Gasteiger partial charge in [0.2, 0.25) is 0 Å². The number of fused-ring (bicyclic) bond motifs is 1. The van der Waals surface area contributed by atoms with Crippen LogP contribution in [-0.2, 0) is 0 Å². The number of anilines is 1. The first-order valence-corrected chi connectivity index (χ1v) is 7.60. The number of pyridine rings is 1. The van der Waals surface area contributed by atoms with E-state index in [0.717, 1.165) is 41.1 Å². The lowest BCUT2D eigenvalue weighted by Crippen LogP contribution is -2.19. The van der Waals surface area contributed by atoms with Crippen molar-refractivity contribution >= 4 is 28.2 Å². The van der Waals surface area contributed by atoms with Gasteiger partial charge in [0.1, 0.15) is 0 Å². The molecule has 0 aliphatic carbocycles. The minimum absolute atomic E-state index is 0.440. The molecule has 20 heavy (non-hydrogen) atoms. The van der Waals surface area contributed by atoms with Gasteiger partial charge >= 0.3 is 0 Å². The molecule has 1 atom stereocenters. The summed E-state index contributed by atoms with van der Waals surface area (Å²) in [6.45, 7) is 6.47. The number of hydrogen-bond donors (Lipinski definition) is 2. The molecule has 108 valence electrons. The van der Waals surface area contributed by atoms with E-state index in [2.05, 4.69) is 29.5 Å². The number of rotatable bonds is 7. The van der Waals surface area contributed by atoms with Crippen molar-refractivity contribution in [1.29, 1.82) is 0 Å². The zero-order chi connectivity index (χ0) is 14.4. The molecule has 0 radical (unpaired) electrons. The summed E-state index contributed by atoms with van der Waals surface area (Å²) in [6, 6.07) is 8.30. The molecule has 1 unspecified atom stereocenters. The quantitative estimate of drug-likeness (QED) is 0.756. The molecule has 0 fully saturated rings. The highest BCUT2D eigenvalue weighted by atomic mass is 35.5. The fourth-order valence-electron chi connectivity index (χ4n) is 2.29. The summed E-state index contributed by atoms with van der Waals surface area (Å²) in [6.07, 6.45) is 4.15. The molecule has 0 saturated heterocycles. The predicted molar refractivity (Wildman–Crippen MR) is 87.6 cm³/mol. The lowest BCUT2D eigenvalue weighted by molar-refractivity contribution is 0.603. The first kappa shape index (κ1) is 15.1. The van der Waals surface area contributed by atoms with Crippen molar-refractivity contribution in [2.45, 2.75) is 32.7 Å². The second kappa shape index (κ2) is 7.46. The molecule has 0 saturated carbocycles. The molecule has 0 aliphatic heterocycles. The molecule has 3 nitrogen and oxygen atoms in total. The molecule has 2 aromatic rings. The summed E-state index contributed by atoms with van der Waals surface area (Å²) in [4.78, 5) is 4.36. The molecule has 1 heterocycles. The standard InChI is InChI=1S/C16H22ClN3/c1-3-18-9-4-5-12(2)20-15-8-10-19-16-11-13(17)6-7-14(15)16/h6-8,10-12,18H,3-5,9H2,1-2H3,(H,19,20)/i6+1,7+1,11+1,13+1,14+1,16+1. The van der Waals surface area contributed by atoms with Crippen molar-refractivity contribution in [1.82, 2.24) is 10.3 Å². The van der Waals surface area contributed by atoms with E-state index in [4.69, 9.17) is 11.6 Å². The maximum atomic E-state index is 6.01. The van der Waals surface area contributed by atoms with Gasteiger partial charge in [0.05, 0.1) is 5.52 Å². The Bertz CT molecular complexity index is 556. The van der Waals surface area contributed by atoms with Crippen LogP contribution in [0.25, 0.3) is 10.9 Å². The van der Waals surface area contributed by atoms with Crippen molar-refractivity contribution in [2.75, 3.05) is 18.4 Å². The van der Waals surface area contributed by atoms with Crippen LogP contribution in [0.5, 0.6) is 0 Å². The summed E-state index contributed by atoms with van der Waals surface area (Å²) in [7, 11) is 0. The minimum atomic E-state index is 0.440. The van der Waals surface area contributed by atoms with Gasteiger partial charge < -0.3 is 10.6 Å². The molecule has 2 rings (SSSR count). The Balaban J connectivity index is 2.02. The molecular weight excluding hydrogens is 276 g/mol. The number of aromatic nitrogens is 1. The third kappa shape index (κ3) is 4.09. The van der Waals surface area contributed by atoms with Gasteiger partial charge in [0, 0.05) is 28.3 Å². The number of benzene rings is 1. The number of halogens is 1. The van der Waals surface area contributed by atoms with Gasteiger partial charge in [-0.2, -0.15) is 0 Å². The summed E-state index contributed by atoms with van der Waals surface area (Å²) in [5.41, 5.74) is 2.06. The van der Waals surface area contributed by atoms with Crippen molar-refractivity contribution in [3.63, 3.8) is 0 Å². The molecule has 2 N–H and O–H groups in total. The fraction of sp³-hybridized carbons (Fsp3) is 0.438. The fourth-order valence-corrected chi connectivity index (χ4v) is 2.46. The average Bonchev–Trinajstić information content (AvgIpc) is 2.43. The van der Waals surface area contributed by atoms with Gasteiger partial charge in [-0.3, -0.25) is 4.98 Å². The van der Waals surface area contributed by atoms with E-state index in [1.54, 1.807) is 0 Å². The van der Waals surface area contributed by atoms with Gasteiger partial charge in [-0.15, -0.1) is 0 Å². The summed E-state index contributed by atoms with van der Waals surface area (Å²) >= 11 is 6.01. The van der Waals surface area contributed by atoms with Crippen molar-refractivity contribution in [3.8, 4) is 0 Å². The van der Waals surface area contributed by atoms with E-state index in [9.17, 15) is 0 Å². The Morgan fingerprint density at radius 3 is 2.95 bits per heavy atom. The molecule has 0 bridgehead atoms. The Morgan fingerprint density at radius 2 is 2.15 bits per heavy atom. The maximum absolute atomic E-state index is 6.01. The van der Waals surface area contributed by atoms with Crippen LogP contribution in [0.4, 0.5) is 5.69 Å². The first-order valence-electron chi connectivity index (χ1n) is 7.22. The molecule has 1 aromatic heterocycles. The Hall–Kier alpha value is -1.32. The highest BCUT2D eigenvalue weighted by Crippen LogP contribution is 2.25. The normalized spacial score (nSPS) is 12.6. The van der Waals surface area contributed by atoms with Crippen LogP contribution in [0.15, 0.2) is 30.5 Å². The zero-order valence-electron chi connectivity index (χ0n) is 12.1. The highest BCUT2D eigenvalue weighted by Gasteiger charge is 2.06. The van der Waals surface area contributed by atoms with Gasteiger partial charge in [-0.1, -0.05) is 18.5 Å². The Morgan fingerprint density at radius 1 is 1.30 bits per heavy atom. The van der Waals surface area contributed by atoms with E-state index in [-0.39, 0.29) is 0 Å². The van der Waals surface area contributed by atoms with Crippen molar-refractivity contribution in [3.05, 3.63) is 35.5 Å². The monoisotopic (exact) mass is 297 g/mol. The third-order valence-electron chi connectivity index (χ3n) is 3.35. The van der Waals surface area contributed by atoms with Gasteiger partial charge in [0.15, 0.2) is 0 Å². The zero-order valence-corrected chi connectivity index (χ0v) is 12.9. The summed E-state index contributed by atoms with van der Waals surface area (Å²) in [5, 5.41) is 8.77. The molecule has 1 aromatic carbocycles. The highest BCUT2D eigenvalue weighted by molar-refractivity contribution is 6.31. The van der Waals surface area contributed by atoms with Gasteiger partial charge in [-0.25, -0.2) is 0 Å². The van der Waals surface area contributed by atoms with Crippen LogP contribution in [0.2, 0.25) is 5.02 Å². The van der Waals surface area contributed by atoms with Crippen LogP contribution < -0.4 is 10.6 Å². The Labute approximate surface area is 125 Å². The molecule has 0 aliphatic rings. The van der Waals surface area contributed by atoms with E-state index in [0.29, 0.717) is 6.04 Å². The summed E-state index contributed by atoms with van der Waals surface area (Å²) < 4.78 is 0. The van der Waals surface area contributed by atoms with Gasteiger partial charge in [-0.05, 0) is 57.1 Å². The van der Waals surface area contributed by atoms with E-state index in [1.165, 1.54) is 6.42 Å². The smallest absolute Gasteiger partial charge is 0.0737 e. The number of hydrogen-bond acceptors (Lipinski definition) is 3. The maximum Gasteiger partial charge on any atom is 0.0737 e. The van der Waals surface area contributed by atoms with Gasteiger partial charge in [0.25, 0.3) is 0 Å². The minimum Gasteiger partial charge on any atom is -0.382 e. The average molecular weight is 298 g/mol. The molecule has 0 spiro atoms. The second-order valence-corrected chi connectivity index (χ2v) is 5.50. The van der Waals surface area contributed by atoms with E-state index >= 15 is 0 Å². The topological polar surface area (TPSA) is 37.0 Å². The second-order valence-electron chi connectivity index (χ2n) is 5.06. The number of nitrogens with one attached hydrogen (secondary N) is 2. The largest absolute Gasteiger partial charge is 0.382 e.